The Bertz CT molecular complexity index is 850. The lowest BCUT2D eigenvalue weighted by atomic mass is 9.96. The molecule has 0 fully saturated rings. The van der Waals surface area contributed by atoms with Crippen molar-refractivity contribution in [2.45, 2.75) is 25.7 Å². The molecule has 22 heavy (non-hydrogen) atoms. The first-order valence-electron chi connectivity index (χ1n) is 7.68. The first kappa shape index (κ1) is 13.1. The Balaban J connectivity index is 1.73. The maximum atomic E-state index is 5.92. The molecule has 2 aromatic heterocycles. The van der Waals surface area contributed by atoms with E-state index in [1.54, 1.807) is 0 Å². The van der Waals surface area contributed by atoms with Gasteiger partial charge in [0.05, 0.1) is 23.1 Å². The second kappa shape index (κ2) is 5.02. The molecule has 1 aliphatic carbocycles. The molecule has 5 nitrogen and oxygen atoms in total. The highest BCUT2D eigenvalue weighted by molar-refractivity contribution is 5.92. The summed E-state index contributed by atoms with van der Waals surface area (Å²) in [7, 11) is 1.93. The van der Waals surface area contributed by atoms with Crippen LogP contribution in [0.15, 0.2) is 30.5 Å². The Morgan fingerprint density at radius 3 is 3.00 bits per heavy atom. The standard InChI is InChI=1S/C17H19N5/c1-22-15-8-4-7-14(16(15)21-17(22)18)20-12-9-11-5-2-3-6-13(11)19-10-12/h4,7-10,20H,2-3,5-6H2,1H3,(H2,18,21). The number of para-hydroxylation sites is 1. The Kier molecular flexibility index (Phi) is 2.99. The van der Waals surface area contributed by atoms with Crippen molar-refractivity contribution in [2.24, 2.45) is 7.05 Å². The normalized spacial score (nSPS) is 14.0. The third kappa shape index (κ3) is 2.09. The Hall–Kier alpha value is -2.56. The number of nitrogens with zero attached hydrogens (tertiary/aromatic N) is 3. The van der Waals surface area contributed by atoms with E-state index < -0.39 is 0 Å². The number of hydrogen-bond acceptors (Lipinski definition) is 4. The van der Waals surface area contributed by atoms with Gasteiger partial charge in [-0.2, -0.15) is 0 Å². The maximum absolute atomic E-state index is 5.92. The third-order valence-electron chi connectivity index (χ3n) is 4.39. The van der Waals surface area contributed by atoms with Crippen molar-refractivity contribution in [3.63, 3.8) is 0 Å². The summed E-state index contributed by atoms with van der Waals surface area (Å²) < 4.78 is 1.89. The number of aryl methyl sites for hydroxylation is 3. The second-order valence-electron chi connectivity index (χ2n) is 5.86. The van der Waals surface area contributed by atoms with Crippen LogP contribution in [0, 0.1) is 0 Å². The zero-order chi connectivity index (χ0) is 15.1. The molecule has 1 aliphatic rings. The van der Waals surface area contributed by atoms with Gasteiger partial charge in [0.2, 0.25) is 5.95 Å². The lowest BCUT2D eigenvalue weighted by Crippen LogP contribution is -2.06. The lowest BCUT2D eigenvalue weighted by molar-refractivity contribution is 0.668. The molecule has 3 N–H and O–H groups in total. The third-order valence-corrected chi connectivity index (χ3v) is 4.39. The van der Waals surface area contributed by atoms with Crippen molar-refractivity contribution < 1.29 is 0 Å². The number of nitrogens with two attached hydrogens (primary N) is 1. The minimum absolute atomic E-state index is 0.521. The van der Waals surface area contributed by atoms with Gasteiger partial charge in [0.25, 0.3) is 0 Å². The molecule has 1 aromatic carbocycles. The van der Waals surface area contributed by atoms with E-state index in [1.165, 1.54) is 24.1 Å². The van der Waals surface area contributed by atoms with E-state index in [1.807, 2.05) is 36.0 Å². The zero-order valence-electron chi connectivity index (χ0n) is 12.6. The van der Waals surface area contributed by atoms with Gasteiger partial charge >= 0.3 is 0 Å². The predicted octanol–water partition coefficient (Wildman–Crippen LogP) is 3.17. The highest BCUT2D eigenvalue weighted by Gasteiger charge is 2.13. The highest BCUT2D eigenvalue weighted by Crippen LogP contribution is 2.28. The van der Waals surface area contributed by atoms with E-state index in [4.69, 9.17) is 5.73 Å². The molecule has 5 heteroatoms. The molecule has 0 spiro atoms. The molecule has 3 aromatic rings. The number of fused-ring (bicyclic) bond motifs is 2. The van der Waals surface area contributed by atoms with E-state index >= 15 is 0 Å². The van der Waals surface area contributed by atoms with Crippen molar-refractivity contribution in [1.29, 1.82) is 0 Å². The molecule has 0 atom stereocenters. The van der Waals surface area contributed by atoms with Gasteiger partial charge in [0, 0.05) is 12.7 Å². The number of hydrogen-bond donors (Lipinski definition) is 2. The number of nitrogen functional groups attached to an aromatic ring is 1. The summed E-state index contributed by atoms with van der Waals surface area (Å²) in [5.41, 5.74) is 12.4. The van der Waals surface area contributed by atoms with E-state index in [-0.39, 0.29) is 0 Å². The molecule has 0 bridgehead atoms. The van der Waals surface area contributed by atoms with Gasteiger partial charge in [-0.1, -0.05) is 6.07 Å². The number of imidazole rings is 1. The van der Waals surface area contributed by atoms with E-state index in [2.05, 4.69) is 21.4 Å². The molecule has 2 heterocycles. The fourth-order valence-electron chi connectivity index (χ4n) is 3.15. The molecule has 0 saturated heterocycles. The van der Waals surface area contributed by atoms with Crippen LogP contribution in [-0.2, 0) is 19.9 Å². The number of anilines is 3. The summed E-state index contributed by atoms with van der Waals surface area (Å²) in [6.07, 6.45) is 6.64. The molecule has 112 valence electrons. The van der Waals surface area contributed by atoms with Gasteiger partial charge in [-0.05, 0) is 49.4 Å². The zero-order valence-corrected chi connectivity index (χ0v) is 12.6. The van der Waals surface area contributed by atoms with Crippen molar-refractivity contribution in [3.8, 4) is 0 Å². The first-order valence-corrected chi connectivity index (χ1v) is 7.68. The Morgan fingerprint density at radius 2 is 2.09 bits per heavy atom. The molecular weight excluding hydrogens is 274 g/mol. The van der Waals surface area contributed by atoms with Gasteiger partial charge in [-0.15, -0.1) is 0 Å². The summed E-state index contributed by atoms with van der Waals surface area (Å²) in [6.45, 7) is 0. The molecule has 0 unspecified atom stereocenters. The van der Waals surface area contributed by atoms with Crippen molar-refractivity contribution >= 4 is 28.4 Å². The van der Waals surface area contributed by atoms with Gasteiger partial charge in [0.1, 0.15) is 5.52 Å². The smallest absolute Gasteiger partial charge is 0.201 e. The van der Waals surface area contributed by atoms with Crippen LogP contribution in [0.5, 0.6) is 0 Å². The largest absolute Gasteiger partial charge is 0.369 e. The van der Waals surface area contributed by atoms with Crippen LogP contribution in [0.25, 0.3) is 11.0 Å². The van der Waals surface area contributed by atoms with Crippen LogP contribution in [-0.4, -0.2) is 14.5 Å². The minimum Gasteiger partial charge on any atom is -0.369 e. The van der Waals surface area contributed by atoms with Gasteiger partial charge in [-0.25, -0.2) is 4.98 Å². The van der Waals surface area contributed by atoms with E-state index in [9.17, 15) is 0 Å². The predicted molar refractivity (Wildman–Crippen MR) is 89.3 cm³/mol. The molecular formula is C17H19N5. The molecule has 0 saturated carbocycles. The number of aromatic nitrogens is 3. The summed E-state index contributed by atoms with van der Waals surface area (Å²) >= 11 is 0. The molecule has 4 rings (SSSR count). The van der Waals surface area contributed by atoms with E-state index in [0.29, 0.717) is 5.95 Å². The average Bonchev–Trinajstić information content (AvgIpc) is 2.84. The van der Waals surface area contributed by atoms with E-state index in [0.717, 1.165) is 35.2 Å². The Labute approximate surface area is 129 Å². The van der Waals surface area contributed by atoms with Gasteiger partial charge in [-0.3, -0.25) is 4.98 Å². The number of pyridine rings is 1. The SMILES string of the molecule is Cn1c(N)nc2c(Nc3cnc4c(c3)CCCC4)cccc21. The minimum atomic E-state index is 0.521. The van der Waals surface area contributed by atoms with Crippen molar-refractivity contribution in [3.05, 3.63) is 41.7 Å². The monoisotopic (exact) mass is 293 g/mol. The van der Waals surface area contributed by atoms with Crippen LogP contribution >= 0.6 is 0 Å². The maximum Gasteiger partial charge on any atom is 0.201 e. The number of nitrogens with one attached hydrogen (secondary N) is 1. The quantitative estimate of drug-likeness (QED) is 0.761. The topological polar surface area (TPSA) is 68.8 Å². The fraction of sp³-hybridized carbons (Fsp3) is 0.294. The first-order chi connectivity index (χ1) is 10.7. The van der Waals surface area contributed by atoms with Crippen LogP contribution in [0.4, 0.5) is 17.3 Å². The van der Waals surface area contributed by atoms with Crippen LogP contribution < -0.4 is 11.1 Å². The van der Waals surface area contributed by atoms with Gasteiger partial charge < -0.3 is 15.6 Å². The second-order valence-corrected chi connectivity index (χ2v) is 5.86. The summed E-state index contributed by atoms with van der Waals surface area (Å²) in [5, 5.41) is 3.44. The Morgan fingerprint density at radius 1 is 1.23 bits per heavy atom. The average molecular weight is 293 g/mol. The molecule has 0 aliphatic heterocycles. The summed E-state index contributed by atoms with van der Waals surface area (Å²) in [6, 6.07) is 8.27. The van der Waals surface area contributed by atoms with Crippen molar-refractivity contribution in [1.82, 2.24) is 14.5 Å². The highest BCUT2D eigenvalue weighted by atomic mass is 15.1. The summed E-state index contributed by atoms with van der Waals surface area (Å²) in [5.74, 6) is 0.521. The van der Waals surface area contributed by atoms with Gasteiger partial charge in [0.15, 0.2) is 0 Å². The van der Waals surface area contributed by atoms with Crippen molar-refractivity contribution in [2.75, 3.05) is 11.1 Å². The lowest BCUT2D eigenvalue weighted by Gasteiger charge is -2.16. The molecule has 0 radical (unpaired) electrons. The van der Waals surface area contributed by atoms with Crippen LogP contribution in [0.1, 0.15) is 24.1 Å². The number of rotatable bonds is 2. The summed E-state index contributed by atoms with van der Waals surface area (Å²) in [4.78, 5) is 9.06. The molecule has 0 amide bonds. The number of benzene rings is 1. The van der Waals surface area contributed by atoms with Crippen LogP contribution in [0.3, 0.4) is 0 Å². The van der Waals surface area contributed by atoms with Crippen LogP contribution in [0.2, 0.25) is 0 Å². The fourth-order valence-corrected chi connectivity index (χ4v) is 3.15.